The Labute approximate surface area is 87.8 Å². The van der Waals surface area contributed by atoms with Crippen LogP contribution in [0.15, 0.2) is 30.3 Å². The van der Waals surface area contributed by atoms with Crippen molar-refractivity contribution in [2.75, 3.05) is 6.61 Å². The van der Waals surface area contributed by atoms with E-state index in [1.165, 1.54) is 0 Å². The summed E-state index contributed by atoms with van der Waals surface area (Å²) in [4.78, 5) is 4.16. The number of nitrogens with zero attached hydrogens (tertiary/aromatic N) is 1. The van der Waals surface area contributed by atoms with E-state index in [0.717, 1.165) is 17.0 Å². The maximum Gasteiger partial charge on any atom is 0.130 e. The fourth-order valence-corrected chi connectivity index (χ4v) is 1.54. The first kappa shape index (κ1) is 9.28. The van der Waals surface area contributed by atoms with Crippen LogP contribution < -0.4 is 4.74 Å². The minimum atomic E-state index is 0.532. The second kappa shape index (κ2) is 3.84. The Morgan fingerprint density at radius 2 is 2.07 bits per heavy atom. The highest BCUT2D eigenvalue weighted by atomic mass is 35.5. The first-order valence-electron chi connectivity index (χ1n) is 4.48. The van der Waals surface area contributed by atoms with Crippen LogP contribution in [0.2, 0.25) is 5.15 Å². The second-order valence-corrected chi connectivity index (χ2v) is 3.31. The number of hydrogen-bond donors (Lipinski definition) is 0. The molecule has 0 bridgehead atoms. The summed E-state index contributed by atoms with van der Waals surface area (Å²) in [5.41, 5.74) is 1.92. The monoisotopic (exact) mass is 207 g/mol. The standard InChI is InChI=1S/C11H10ClNO/c1-2-14-9-4-3-8-7-11(12)13-10(8)6-5-9/h3-7H,2H2,1H3. The summed E-state index contributed by atoms with van der Waals surface area (Å²) >= 11 is 5.78. The lowest BCUT2D eigenvalue weighted by Crippen LogP contribution is -1.88. The van der Waals surface area contributed by atoms with Crippen LogP contribution in [0.3, 0.4) is 0 Å². The van der Waals surface area contributed by atoms with Gasteiger partial charge in [-0.3, -0.25) is 0 Å². The zero-order valence-corrected chi connectivity index (χ0v) is 8.58. The van der Waals surface area contributed by atoms with Crippen LogP contribution in [-0.4, -0.2) is 11.6 Å². The van der Waals surface area contributed by atoms with E-state index in [1.54, 1.807) is 0 Å². The van der Waals surface area contributed by atoms with E-state index < -0.39 is 0 Å². The summed E-state index contributed by atoms with van der Waals surface area (Å²) in [6.07, 6.45) is 0. The number of halogens is 1. The summed E-state index contributed by atoms with van der Waals surface area (Å²) < 4.78 is 5.38. The third-order valence-corrected chi connectivity index (χ3v) is 2.13. The zero-order chi connectivity index (χ0) is 9.97. The van der Waals surface area contributed by atoms with Crippen molar-refractivity contribution in [3.8, 4) is 17.0 Å². The average Bonchev–Trinajstić information content (AvgIpc) is 2.42. The van der Waals surface area contributed by atoms with Crippen LogP contribution in [-0.2, 0) is 0 Å². The van der Waals surface area contributed by atoms with Gasteiger partial charge in [0, 0.05) is 5.56 Å². The highest BCUT2D eigenvalue weighted by Crippen LogP contribution is 2.25. The van der Waals surface area contributed by atoms with Gasteiger partial charge < -0.3 is 4.74 Å². The van der Waals surface area contributed by atoms with Crippen molar-refractivity contribution in [3.63, 3.8) is 0 Å². The van der Waals surface area contributed by atoms with Crippen molar-refractivity contribution < 1.29 is 4.74 Å². The number of ether oxygens (including phenoxy) is 1. The topological polar surface area (TPSA) is 22.1 Å². The third kappa shape index (κ3) is 1.80. The summed E-state index contributed by atoms with van der Waals surface area (Å²) in [7, 11) is 0. The summed E-state index contributed by atoms with van der Waals surface area (Å²) in [5.74, 6) is 0.849. The van der Waals surface area contributed by atoms with Gasteiger partial charge in [-0.05, 0) is 37.3 Å². The molecule has 14 heavy (non-hydrogen) atoms. The molecule has 0 spiro atoms. The minimum absolute atomic E-state index is 0.532. The molecule has 0 saturated heterocycles. The highest BCUT2D eigenvalue weighted by molar-refractivity contribution is 6.30. The highest BCUT2D eigenvalue weighted by Gasteiger charge is 2.05. The van der Waals surface area contributed by atoms with Crippen LogP contribution >= 0.6 is 11.6 Å². The molecule has 0 aromatic heterocycles. The molecular formula is C11H10ClNO. The number of aromatic nitrogens is 1. The normalized spacial score (nSPS) is 10.4. The van der Waals surface area contributed by atoms with Gasteiger partial charge in [0.05, 0.1) is 12.3 Å². The van der Waals surface area contributed by atoms with Crippen molar-refractivity contribution >= 4 is 11.6 Å². The molecular weight excluding hydrogens is 198 g/mol. The fraction of sp³-hybridized carbons (Fsp3) is 0.182. The number of rotatable bonds is 2. The van der Waals surface area contributed by atoms with Crippen LogP contribution in [0, 0.1) is 0 Å². The summed E-state index contributed by atoms with van der Waals surface area (Å²) in [6, 6.07) is 9.52. The number of hydrogen-bond acceptors (Lipinski definition) is 2. The molecule has 0 unspecified atom stereocenters. The van der Waals surface area contributed by atoms with E-state index in [-0.39, 0.29) is 0 Å². The Morgan fingerprint density at radius 1 is 1.29 bits per heavy atom. The molecule has 0 saturated carbocycles. The van der Waals surface area contributed by atoms with Crippen LogP contribution in [0.1, 0.15) is 6.92 Å². The molecule has 2 nitrogen and oxygen atoms in total. The average molecular weight is 208 g/mol. The molecule has 2 rings (SSSR count). The van der Waals surface area contributed by atoms with E-state index >= 15 is 0 Å². The van der Waals surface area contributed by atoms with Crippen LogP contribution in [0.4, 0.5) is 0 Å². The number of fused-ring (bicyclic) bond motifs is 1. The van der Waals surface area contributed by atoms with Crippen molar-refractivity contribution in [1.82, 2.24) is 4.98 Å². The van der Waals surface area contributed by atoms with Crippen LogP contribution in [0.5, 0.6) is 5.75 Å². The largest absolute Gasteiger partial charge is 0.494 e. The van der Waals surface area contributed by atoms with Gasteiger partial charge in [-0.25, -0.2) is 4.98 Å². The molecule has 0 atom stereocenters. The van der Waals surface area contributed by atoms with Gasteiger partial charge in [0.25, 0.3) is 0 Å². The Hall–Kier alpha value is -1.28. The molecule has 1 aliphatic heterocycles. The molecule has 0 amide bonds. The lowest BCUT2D eigenvalue weighted by Gasteiger charge is -1.96. The van der Waals surface area contributed by atoms with E-state index in [2.05, 4.69) is 4.98 Å². The van der Waals surface area contributed by atoms with Gasteiger partial charge in [-0.15, -0.1) is 0 Å². The van der Waals surface area contributed by atoms with Crippen molar-refractivity contribution in [1.29, 1.82) is 0 Å². The van der Waals surface area contributed by atoms with Gasteiger partial charge in [-0.1, -0.05) is 11.6 Å². The Morgan fingerprint density at radius 3 is 2.86 bits per heavy atom. The van der Waals surface area contributed by atoms with E-state index in [9.17, 15) is 0 Å². The van der Waals surface area contributed by atoms with E-state index in [4.69, 9.17) is 16.3 Å². The first-order chi connectivity index (χ1) is 6.79. The zero-order valence-electron chi connectivity index (χ0n) is 7.83. The first-order valence-corrected chi connectivity index (χ1v) is 4.86. The van der Waals surface area contributed by atoms with E-state index in [1.807, 2.05) is 37.3 Å². The minimum Gasteiger partial charge on any atom is -0.494 e. The molecule has 0 N–H and O–H groups in total. The molecule has 3 heteroatoms. The molecule has 0 aromatic rings. The maximum absolute atomic E-state index is 5.78. The predicted octanol–water partition coefficient (Wildman–Crippen LogP) is 3.24. The summed E-state index contributed by atoms with van der Waals surface area (Å²) in [5, 5.41) is 0.532. The van der Waals surface area contributed by atoms with Crippen molar-refractivity contribution in [2.45, 2.75) is 6.92 Å². The molecule has 1 aliphatic carbocycles. The van der Waals surface area contributed by atoms with Gasteiger partial charge >= 0.3 is 0 Å². The molecule has 0 fully saturated rings. The Bertz CT molecular complexity index is 383. The molecule has 1 heterocycles. The smallest absolute Gasteiger partial charge is 0.130 e. The lowest BCUT2D eigenvalue weighted by atomic mass is 10.2. The van der Waals surface area contributed by atoms with E-state index in [0.29, 0.717) is 11.8 Å². The maximum atomic E-state index is 5.78. The fourth-order valence-electron chi connectivity index (χ4n) is 1.33. The second-order valence-electron chi connectivity index (χ2n) is 2.92. The van der Waals surface area contributed by atoms with Gasteiger partial charge in [0.15, 0.2) is 0 Å². The van der Waals surface area contributed by atoms with Crippen molar-refractivity contribution in [3.05, 3.63) is 35.5 Å². The van der Waals surface area contributed by atoms with Crippen molar-refractivity contribution in [2.24, 2.45) is 0 Å². The summed E-state index contributed by atoms with van der Waals surface area (Å²) in [6.45, 7) is 2.63. The van der Waals surface area contributed by atoms with Gasteiger partial charge in [0.2, 0.25) is 0 Å². The Kier molecular flexibility index (Phi) is 2.55. The Balaban J connectivity index is 2.45. The third-order valence-electron chi connectivity index (χ3n) is 1.94. The van der Waals surface area contributed by atoms with Gasteiger partial charge in [0.1, 0.15) is 10.9 Å². The lowest BCUT2D eigenvalue weighted by molar-refractivity contribution is 0.340. The predicted molar refractivity (Wildman–Crippen MR) is 57.0 cm³/mol. The van der Waals surface area contributed by atoms with Gasteiger partial charge in [-0.2, -0.15) is 0 Å². The molecule has 0 radical (unpaired) electrons. The quantitative estimate of drug-likeness (QED) is 0.754. The SMILES string of the molecule is CCOc1ccc2cc(Cl)nc-2cc1. The van der Waals surface area contributed by atoms with Crippen LogP contribution in [0.25, 0.3) is 11.3 Å². The molecule has 72 valence electrons. The molecule has 0 aromatic carbocycles. The molecule has 2 aliphatic rings.